The van der Waals surface area contributed by atoms with Crippen molar-refractivity contribution in [3.8, 4) is 5.88 Å². The first-order valence-electron chi connectivity index (χ1n) is 6.34. The number of aromatic nitrogens is 2. The molecule has 96 valence electrons. The second kappa shape index (κ2) is 4.82. The first-order valence-corrected chi connectivity index (χ1v) is 7.15. The van der Waals surface area contributed by atoms with Crippen molar-refractivity contribution in [1.29, 1.82) is 0 Å². The quantitative estimate of drug-likeness (QED) is 0.904. The van der Waals surface area contributed by atoms with Gasteiger partial charge in [0, 0.05) is 11.4 Å². The van der Waals surface area contributed by atoms with E-state index in [4.69, 9.17) is 4.74 Å². The van der Waals surface area contributed by atoms with Crippen LogP contribution in [0.4, 0.5) is 0 Å². The Labute approximate surface area is 110 Å². The van der Waals surface area contributed by atoms with Gasteiger partial charge >= 0.3 is 0 Å². The van der Waals surface area contributed by atoms with Crippen LogP contribution in [0.3, 0.4) is 0 Å². The van der Waals surface area contributed by atoms with Gasteiger partial charge in [-0.1, -0.05) is 0 Å². The predicted octanol–water partition coefficient (Wildman–Crippen LogP) is 2.44. The number of nitrogens with one attached hydrogen (secondary N) is 1. The molecule has 0 spiro atoms. The lowest BCUT2D eigenvalue weighted by molar-refractivity contribution is 0.162. The number of fused-ring (bicyclic) bond motifs is 1. The van der Waals surface area contributed by atoms with Gasteiger partial charge < -0.3 is 10.1 Å². The molecule has 0 aliphatic carbocycles. The molecule has 0 saturated carbocycles. The van der Waals surface area contributed by atoms with Gasteiger partial charge in [-0.3, -0.25) is 0 Å². The lowest BCUT2D eigenvalue weighted by Crippen LogP contribution is -2.37. The summed E-state index contributed by atoms with van der Waals surface area (Å²) in [6, 6.07) is 0. The molecule has 2 aromatic rings. The number of thiophene rings is 1. The molecule has 0 radical (unpaired) electrons. The van der Waals surface area contributed by atoms with Crippen LogP contribution in [0.2, 0.25) is 0 Å². The molecule has 1 saturated heterocycles. The van der Waals surface area contributed by atoms with Crippen molar-refractivity contribution in [2.24, 2.45) is 0 Å². The second-order valence-corrected chi connectivity index (χ2v) is 5.93. The summed E-state index contributed by atoms with van der Waals surface area (Å²) in [5, 5.41) is 4.45. The minimum absolute atomic E-state index is 0.233. The molecule has 18 heavy (non-hydrogen) atoms. The van der Waals surface area contributed by atoms with Gasteiger partial charge in [-0.2, -0.15) is 0 Å². The van der Waals surface area contributed by atoms with Crippen molar-refractivity contribution >= 4 is 21.6 Å². The van der Waals surface area contributed by atoms with E-state index in [-0.39, 0.29) is 6.10 Å². The number of nitrogens with zero attached hydrogens (tertiary/aromatic N) is 2. The minimum atomic E-state index is 0.233. The Kier molecular flexibility index (Phi) is 3.18. The van der Waals surface area contributed by atoms with Crippen molar-refractivity contribution in [2.45, 2.75) is 32.8 Å². The molecule has 3 heterocycles. The molecular weight excluding hydrogens is 246 g/mol. The van der Waals surface area contributed by atoms with Crippen molar-refractivity contribution in [1.82, 2.24) is 15.3 Å². The normalized spacial score (nSPS) is 20.2. The summed E-state index contributed by atoms with van der Waals surface area (Å²) in [5.41, 5.74) is 1.24. The average Bonchev–Trinajstić information content (AvgIpc) is 2.67. The number of ether oxygens (including phenoxy) is 1. The molecule has 5 heteroatoms. The zero-order chi connectivity index (χ0) is 12.5. The Hall–Kier alpha value is -1.20. The molecule has 1 N–H and O–H groups in total. The van der Waals surface area contributed by atoms with Gasteiger partial charge in [-0.05, 0) is 38.8 Å². The molecule has 1 atom stereocenters. The first kappa shape index (κ1) is 11.9. The summed E-state index contributed by atoms with van der Waals surface area (Å²) in [6.45, 7) is 6.24. The molecule has 4 nitrogen and oxygen atoms in total. The van der Waals surface area contributed by atoms with E-state index in [2.05, 4.69) is 29.1 Å². The molecule has 1 fully saturated rings. The van der Waals surface area contributed by atoms with E-state index in [0.29, 0.717) is 0 Å². The number of rotatable bonds is 2. The van der Waals surface area contributed by atoms with Crippen LogP contribution in [0.1, 0.15) is 23.3 Å². The predicted molar refractivity (Wildman–Crippen MR) is 73.4 cm³/mol. The van der Waals surface area contributed by atoms with Gasteiger partial charge in [0.15, 0.2) is 0 Å². The van der Waals surface area contributed by atoms with Crippen LogP contribution in [0, 0.1) is 13.8 Å². The molecule has 1 aliphatic heterocycles. The molecule has 3 rings (SSSR count). The molecular formula is C13H17N3OS. The van der Waals surface area contributed by atoms with Gasteiger partial charge in [0.2, 0.25) is 5.88 Å². The summed E-state index contributed by atoms with van der Waals surface area (Å²) in [7, 11) is 0. The molecule has 1 aliphatic rings. The average molecular weight is 263 g/mol. The van der Waals surface area contributed by atoms with E-state index in [1.165, 1.54) is 16.9 Å². The lowest BCUT2D eigenvalue weighted by atomic mass is 10.1. The van der Waals surface area contributed by atoms with Gasteiger partial charge in [0.25, 0.3) is 0 Å². The number of hydrogen-bond acceptors (Lipinski definition) is 5. The number of hydrogen-bond donors (Lipinski definition) is 1. The van der Waals surface area contributed by atoms with Crippen LogP contribution in [0.5, 0.6) is 5.88 Å². The van der Waals surface area contributed by atoms with E-state index >= 15 is 0 Å². The van der Waals surface area contributed by atoms with Gasteiger partial charge in [0.1, 0.15) is 17.3 Å². The summed E-state index contributed by atoms with van der Waals surface area (Å²) in [6.07, 6.45) is 4.10. The van der Waals surface area contributed by atoms with Crippen LogP contribution in [-0.2, 0) is 0 Å². The fourth-order valence-electron chi connectivity index (χ4n) is 2.32. The third kappa shape index (κ3) is 2.08. The molecule has 0 bridgehead atoms. The fraction of sp³-hybridized carbons (Fsp3) is 0.538. The lowest BCUT2D eigenvalue weighted by Gasteiger charge is -2.23. The highest BCUT2D eigenvalue weighted by molar-refractivity contribution is 7.18. The smallest absolute Gasteiger partial charge is 0.225 e. The van der Waals surface area contributed by atoms with Crippen LogP contribution in [0.25, 0.3) is 10.2 Å². The molecule has 2 aromatic heterocycles. The van der Waals surface area contributed by atoms with Crippen molar-refractivity contribution in [3.63, 3.8) is 0 Å². The summed E-state index contributed by atoms with van der Waals surface area (Å²) in [5.74, 6) is 0.746. The highest BCUT2D eigenvalue weighted by Crippen LogP contribution is 2.34. The van der Waals surface area contributed by atoms with Crippen LogP contribution in [0.15, 0.2) is 6.33 Å². The third-order valence-corrected chi connectivity index (χ3v) is 4.58. The maximum Gasteiger partial charge on any atom is 0.225 e. The Balaban J connectivity index is 1.95. The Morgan fingerprint density at radius 3 is 3.06 bits per heavy atom. The standard InChI is InChI=1S/C13H17N3OS/c1-8-9(2)18-13-11(8)12(15-7-16-13)17-10-4-3-5-14-6-10/h7,10,14H,3-6H2,1-2H3/t10-/m0/s1. The Bertz CT molecular complexity index is 561. The maximum atomic E-state index is 6.06. The van der Waals surface area contributed by atoms with Crippen molar-refractivity contribution in [3.05, 3.63) is 16.8 Å². The molecule has 0 aromatic carbocycles. The van der Waals surface area contributed by atoms with E-state index in [0.717, 1.165) is 35.6 Å². The second-order valence-electron chi connectivity index (χ2n) is 4.73. The van der Waals surface area contributed by atoms with Gasteiger partial charge in [-0.15, -0.1) is 11.3 Å². The summed E-state index contributed by atoms with van der Waals surface area (Å²) >= 11 is 1.71. The van der Waals surface area contributed by atoms with Crippen molar-refractivity contribution < 1.29 is 4.74 Å². The summed E-state index contributed by atoms with van der Waals surface area (Å²) in [4.78, 5) is 11.0. The fourth-order valence-corrected chi connectivity index (χ4v) is 3.31. The third-order valence-electron chi connectivity index (χ3n) is 3.46. The summed E-state index contributed by atoms with van der Waals surface area (Å²) < 4.78 is 6.06. The largest absolute Gasteiger partial charge is 0.472 e. The van der Waals surface area contributed by atoms with Crippen LogP contribution in [-0.4, -0.2) is 29.2 Å². The zero-order valence-electron chi connectivity index (χ0n) is 10.7. The van der Waals surface area contributed by atoms with Crippen molar-refractivity contribution in [2.75, 3.05) is 13.1 Å². The Morgan fingerprint density at radius 2 is 2.28 bits per heavy atom. The highest BCUT2D eigenvalue weighted by Gasteiger charge is 2.19. The van der Waals surface area contributed by atoms with E-state index in [1.807, 2.05) is 0 Å². The van der Waals surface area contributed by atoms with E-state index in [1.54, 1.807) is 17.7 Å². The van der Waals surface area contributed by atoms with Gasteiger partial charge in [0.05, 0.1) is 5.39 Å². The number of piperidine rings is 1. The molecule has 0 amide bonds. The van der Waals surface area contributed by atoms with E-state index in [9.17, 15) is 0 Å². The zero-order valence-corrected chi connectivity index (χ0v) is 11.5. The van der Waals surface area contributed by atoms with Gasteiger partial charge in [-0.25, -0.2) is 9.97 Å². The highest BCUT2D eigenvalue weighted by atomic mass is 32.1. The topological polar surface area (TPSA) is 47.0 Å². The Morgan fingerprint density at radius 1 is 1.39 bits per heavy atom. The molecule has 0 unspecified atom stereocenters. The van der Waals surface area contributed by atoms with E-state index < -0.39 is 0 Å². The monoisotopic (exact) mass is 263 g/mol. The first-order chi connectivity index (χ1) is 8.75. The van der Waals surface area contributed by atoms with Crippen LogP contribution < -0.4 is 10.1 Å². The SMILES string of the molecule is Cc1sc2ncnc(O[C@H]3CCCNC3)c2c1C. The maximum absolute atomic E-state index is 6.06. The minimum Gasteiger partial charge on any atom is -0.472 e. The number of aryl methyl sites for hydroxylation is 2. The van der Waals surface area contributed by atoms with Crippen LogP contribution >= 0.6 is 11.3 Å².